The van der Waals surface area contributed by atoms with Gasteiger partial charge in [-0.05, 0) is 13.0 Å². The molecule has 0 aliphatic carbocycles. The Balaban J connectivity index is 4.37. The van der Waals surface area contributed by atoms with Gasteiger partial charge < -0.3 is 4.74 Å². The summed E-state index contributed by atoms with van der Waals surface area (Å²) < 4.78 is 64.8. The maximum absolute atomic E-state index is 13.1. The first-order valence-electron chi connectivity index (χ1n) is 4.76. The van der Waals surface area contributed by atoms with Crippen molar-refractivity contribution in [1.82, 2.24) is 0 Å². The summed E-state index contributed by atoms with van der Waals surface area (Å²) in [5.41, 5.74) is -0.941. The molecule has 3 nitrogen and oxygen atoms in total. The number of esters is 1. The molecule has 0 bridgehead atoms. The number of ether oxygens (including phenoxy) is 1. The molecule has 0 spiro atoms. The van der Waals surface area contributed by atoms with Gasteiger partial charge in [0.15, 0.2) is 5.16 Å². The van der Waals surface area contributed by atoms with Crippen molar-refractivity contribution in [2.75, 3.05) is 12.4 Å². The summed E-state index contributed by atoms with van der Waals surface area (Å²) in [5, 5.41) is -1.12. The van der Waals surface area contributed by atoms with Crippen LogP contribution in [0.2, 0.25) is 0 Å². The third-order valence-electron chi connectivity index (χ3n) is 1.74. The van der Waals surface area contributed by atoms with Gasteiger partial charge in [0, 0.05) is 18.2 Å². The highest BCUT2D eigenvalue weighted by atomic mass is 32.2. The van der Waals surface area contributed by atoms with Crippen LogP contribution in [0, 0.1) is 0 Å². The molecule has 0 N–H and O–H groups in total. The summed E-state index contributed by atoms with van der Waals surface area (Å²) in [6.07, 6.45) is -3.12. The van der Waals surface area contributed by atoms with Gasteiger partial charge in [-0.2, -0.15) is 17.6 Å². The molecule has 0 saturated heterocycles. The highest BCUT2D eigenvalue weighted by Gasteiger charge is 2.29. The Labute approximate surface area is 104 Å². The number of hydrogen-bond acceptors (Lipinski definition) is 3. The summed E-state index contributed by atoms with van der Waals surface area (Å²) >= 11 is 0. The number of alkyl halides is 3. The summed E-state index contributed by atoms with van der Waals surface area (Å²) in [7, 11) is -2.21. The molecule has 18 heavy (non-hydrogen) atoms. The van der Waals surface area contributed by atoms with Gasteiger partial charge in [0.2, 0.25) is 0 Å². The molecule has 0 heterocycles. The fraction of sp³-hybridized carbons (Fsp3) is 0.500. The molecule has 0 rings (SSSR count). The molecule has 104 valence electrons. The molecule has 0 aromatic heterocycles. The summed E-state index contributed by atoms with van der Waals surface area (Å²) in [6.45, 7) is 1.50. The average Bonchev–Trinajstić information content (AvgIpc) is 2.23. The topological polar surface area (TPSA) is 43.4 Å². The van der Waals surface area contributed by atoms with Crippen molar-refractivity contribution in [3.63, 3.8) is 0 Å². The van der Waals surface area contributed by atoms with E-state index >= 15 is 0 Å². The highest BCUT2D eigenvalue weighted by molar-refractivity contribution is 7.88. The second-order valence-electron chi connectivity index (χ2n) is 3.21. The molecular formula is C10H12F4O3S. The average molecular weight is 288 g/mol. The van der Waals surface area contributed by atoms with Gasteiger partial charge in [0.05, 0.1) is 10.8 Å². The smallest absolute Gasteiger partial charge is 0.412 e. The first kappa shape index (κ1) is 16.8. The van der Waals surface area contributed by atoms with Gasteiger partial charge in [0.1, 0.15) is 6.61 Å². The molecule has 0 aromatic carbocycles. The predicted octanol–water partition coefficient (Wildman–Crippen LogP) is 2.62. The van der Waals surface area contributed by atoms with E-state index in [0.29, 0.717) is 6.08 Å². The number of hydrogen-bond donors (Lipinski definition) is 0. The molecule has 0 fully saturated rings. The molecule has 0 aromatic rings. The number of carbonyl (C=O) groups is 1. The highest BCUT2D eigenvalue weighted by Crippen LogP contribution is 2.24. The first-order chi connectivity index (χ1) is 8.14. The maximum atomic E-state index is 13.1. The Kier molecular flexibility index (Phi) is 6.82. The van der Waals surface area contributed by atoms with Crippen molar-refractivity contribution in [3.05, 3.63) is 22.9 Å². The van der Waals surface area contributed by atoms with Crippen molar-refractivity contribution in [3.8, 4) is 0 Å². The third-order valence-corrected chi connectivity index (χ3v) is 2.81. The predicted molar refractivity (Wildman–Crippen MR) is 58.6 cm³/mol. The quantitative estimate of drug-likeness (QED) is 0.444. The van der Waals surface area contributed by atoms with Crippen LogP contribution in [-0.4, -0.2) is 28.7 Å². The number of carbonyl (C=O) groups excluding carboxylic acids is 1. The second kappa shape index (κ2) is 7.30. The molecule has 0 aliphatic heterocycles. The standard InChI is InChI=1S/C10H12F4O3S/c1-7(10(12,13)14)4-6-18(16)9(11)3-5-17-8(2)15/h3-4H,5-6H2,1-2H3. The van der Waals surface area contributed by atoms with Gasteiger partial charge in [-0.3, -0.25) is 9.00 Å². The lowest BCUT2D eigenvalue weighted by molar-refractivity contribution is -0.139. The molecule has 8 heteroatoms. The van der Waals surface area contributed by atoms with Crippen LogP contribution in [0.1, 0.15) is 13.8 Å². The van der Waals surface area contributed by atoms with Crippen molar-refractivity contribution in [1.29, 1.82) is 0 Å². The minimum Gasteiger partial charge on any atom is -0.462 e. The van der Waals surface area contributed by atoms with Crippen molar-refractivity contribution < 1.29 is 31.3 Å². The van der Waals surface area contributed by atoms with Crippen LogP contribution in [0.15, 0.2) is 22.9 Å². The fourth-order valence-electron chi connectivity index (χ4n) is 0.714. The largest absolute Gasteiger partial charge is 0.462 e. The zero-order valence-corrected chi connectivity index (χ0v) is 10.5. The van der Waals surface area contributed by atoms with Crippen molar-refractivity contribution in [2.24, 2.45) is 0 Å². The molecule has 1 unspecified atom stereocenters. The first-order valence-corrected chi connectivity index (χ1v) is 6.08. The van der Waals surface area contributed by atoms with E-state index in [-0.39, 0.29) is 0 Å². The lowest BCUT2D eigenvalue weighted by atomic mass is 10.3. The Morgan fingerprint density at radius 2 is 1.83 bits per heavy atom. The van der Waals surface area contributed by atoms with Crippen LogP contribution < -0.4 is 0 Å². The van der Waals surface area contributed by atoms with E-state index in [1.54, 1.807) is 0 Å². The van der Waals surface area contributed by atoms with Crippen molar-refractivity contribution in [2.45, 2.75) is 20.0 Å². The summed E-state index contributed by atoms with van der Waals surface area (Å²) in [6, 6.07) is 0. The zero-order chi connectivity index (χ0) is 14.3. The fourth-order valence-corrected chi connectivity index (χ4v) is 1.53. The number of allylic oxidation sites excluding steroid dienone is 1. The molecule has 1 atom stereocenters. The molecule has 0 saturated carbocycles. The Morgan fingerprint density at radius 1 is 1.28 bits per heavy atom. The number of rotatable bonds is 5. The van der Waals surface area contributed by atoms with E-state index < -0.39 is 46.0 Å². The maximum Gasteiger partial charge on any atom is 0.412 e. The lowest BCUT2D eigenvalue weighted by Crippen LogP contribution is -2.10. The normalized spacial score (nSPS) is 15.4. The lowest BCUT2D eigenvalue weighted by Gasteiger charge is -2.05. The van der Waals surface area contributed by atoms with E-state index in [9.17, 15) is 26.6 Å². The van der Waals surface area contributed by atoms with E-state index in [4.69, 9.17) is 0 Å². The Hall–Kier alpha value is -1.18. The summed E-state index contributed by atoms with van der Waals surface area (Å²) in [4.78, 5) is 10.3. The van der Waals surface area contributed by atoms with Gasteiger partial charge in [0.25, 0.3) is 0 Å². The number of halogens is 4. The minimum absolute atomic E-state index is 0.408. The van der Waals surface area contributed by atoms with E-state index in [1.165, 1.54) is 0 Å². The third kappa shape index (κ3) is 7.21. The zero-order valence-electron chi connectivity index (χ0n) is 9.71. The van der Waals surface area contributed by atoms with E-state index in [0.717, 1.165) is 19.9 Å². The van der Waals surface area contributed by atoms with Crippen LogP contribution in [0.25, 0.3) is 0 Å². The van der Waals surface area contributed by atoms with E-state index in [2.05, 4.69) is 4.74 Å². The van der Waals surface area contributed by atoms with E-state index in [1.807, 2.05) is 0 Å². The van der Waals surface area contributed by atoms with Crippen molar-refractivity contribution >= 4 is 16.8 Å². The van der Waals surface area contributed by atoms with Crippen LogP contribution in [0.5, 0.6) is 0 Å². The Bertz CT molecular complexity index is 385. The van der Waals surface area contributed by atoms with Crippen LogP contribution in [0.4, 0.5) is 17.6 Å². The van der Waals surface area contributed by atoms with Crippen LogP contribution in [0.3, 0.4) is 0 Å². The Morgan fingerprint density at radius 3 is 2.28 bits per heavy atom. The molecule has 0 amide bonds. The van der Waals surface area contributed by atoms with Crippen LogP contribution >= 0.6 is 0 Å². The molecule has 0 aliphatic rings. The minimum atomic E-state index is -4.51. The van der Waals surface area contributed by atoms with Gasteiger partial charge >= 0.3 is 12.1 Å². The van der Waals surface area contributed by atoms with Gasteiger partial charge in [-0.15, -0.1) is 0 Å². The summed E-state index contributed by atoms with van der Waals surface area (Å²) in [5.74, 6) is -1.23. The van der Waals surface area contributed by atoms with Gasteiger partial charge in [-0.25, -0.2) is 0 Å². The monoisotopic (exact) mass is 288 g/mol. The SMILES string of the molecule is CC(=O)OCC=C(F)S(=O)CC=C(C)C(F)(F)F. The second-order valence-corrected chi connectivity index (χ2v) is 4.62. The molecular weight excluding hydrogens is 276 g/mol. The van der Waals surface area contributed by atoms with Gasteiger partial charge in [-0.1, -0.05) is 6.08 Å². The molecule has 0 radical (unpaired) electrons. The van der Waals surface area contributed by atoms with Crippen LogP contribution in [-0.2, 0) is 20.3 Å².